The van der Waals surface area contributed by atoms with Crippen LogP contribution in [0.25, 0.3) is 33.5 Å². The highest BCUT2D eigenvalue weighted by Crippen LogP contribution is 2.20. The molecule has 0 aliphatic carbocycles. The van der Waals surface area contributed by atoms with Gasteiger partial charge in [-0.05, 0) is 24.3 Å². The molecule has 136 valence electrons. The number of hydrogen-bond donors (Lipinski definition) is 1. The molecule has 0 radical (unpaired) electrons. The lowest BCUT2D eigenvalue weighted by atomic mass is 10.2. The summed E-state index contributed by atoms with van der Waals surface area (Å²) in [5.74, 6) is -0.0343. The maximum absolute atomic E-state index is 12.8. The summed E-state index contributed by atoms with van der Waals surface area (Å²) in [6.07, 6.45) is 0. The van der Waals surface area contributed by atoms with E-state index >= 15 is 0 Å². The molecule has 0 bridgehead atoms. The number of pyridine rings is 1. The van der Waals surface area contributed by atoms with Crippen molar-refractivity contribution in [3.8, 4) is 11.5 Å². The summed E-state index contributed by atoms with van der Waals surface area (Å²) in [6.45, 7) is 0. The quantitative estimate of drug-likeness (QED) is 0.482. The minimum atomic E-state index is -0.941. The smallest absolute Gasteiger partial charge is 0.352 e. The van der Waals surface area contributed by atoms with Crippen LogP contribution in [-0.4, -0.2) is 19.1 Å². The molecular weight excluding hydrogens is 376 g/mol. The number of nitrogens with one attached hydrogen (secondary N) is 1. The van der Waals surface area contributed by atoms with Crippen molar-refractivity contribution in [2.75, 3.05) is 0 Å². The fourth-order valence-electron chi connectivity index (χ4n) is 2.85. The van der Waals surface area contributed by atoms with Crippen LogP contribution in [0.15, 0.2) is 47.9 Å². The zero-order chi connectivity index (χ0) is 19.5. The number of benzene rings is 1. The van der Waals surface area contributed by atoms with Crippen LogP contribution in [0.1, 0.15) is 0 Å². The zero-order valence-corrected chi connectivity index (χ0v) is 14.8. The number of H-pyrrole nitrogens is 1. The summed E-state index contributed by atoms with van der Waals surface area (Å²) >= 11 is 5.85. The molecule has 0 aliphatic rings. The maximum atomic E-state index is 12.8. The molecule has 9 nitrogen and oxygen atoms in total. The molecule has 3 heterocycles. The monoisotopic (exact) mass is 386 g/mol. The van der Waals surface area contributed by atoms with Gasteiger partial charge in [0.15, 0.2) is 11.0 Å². The van der Waals surface area contributed by atoms with Crippen molar-refractivity contribution < 1.29 is 4.42 Å². The van der Waals surface area contributed by atoms with Gasteiger partial charge in [-0.15, -0.1) is 0 Å². The number of aryl methyl sites for hydroxylation is 1. The van der Waals surface area contributed by atoms with E-state index in [4.69, 9.17) is 16.0 Å². The predicted molar refractivity (Wildman–Crippen MR) is 99.3 cm³/mol. The molecule has 1 aromatic carbocycles. The van der Waals surface area contributed by atoms with Crippen LogP contribution >= 0.6 is 11.6 Å². The Balaban J connectivity index is 2.18. The van der Waals surface area contributed by atoms with Crippen LogP contribution in [-0.2, 0) is 14.1 Å². The summed E-state index contributed by atoms with van der Waals surface area (Å²) in [5, 5.41) is -0.219. The molecule has 1 N–H and O–H groups in total. The fourth-order valence-corrected chi connectivity index (χ4v) is 2.98. The van der Waals surface area contributed by atoms with E-state index in [-0.39, 0.29) is 22.6 Å². The number of hydrogen-bond acceptors (Lipinski definition) is 6. The molecule has 0 unspecified atom stereocenters. The van der Waals surface area contributed by atoms with Crippen LogP contribution in [0.3, 0.4) is 0 Å². The van der Waals surface area contributed by atoms with Gasteiger partial charge in [0.25, 0.3) is 5.56 Å². The van der Waals surface area contributed by atoms with Gasteiger partial charge in [-0.25, -0.2) is 9.59 Å². The number of aromatic amines is 1. The summed E-state index contributed by atoms with van der Waals surface area (Å²) in [6, 6.07) is 6.40. The minimum absolute atomic E-state index is 0.0271. The molecule has 10 heteroatoms. The van der Waals surface area contributed by atoms with Crippen molar-refractivity contribution in [3.63, 3.8) is 0 Å². The highest BCUT2D eigenvalue weighted by molar-refractivity contribution is 6.30. The van der Waals surface area contributed by atoms with Crippen LogP contribution in [0, 0.1) is 0 Å². The lowest BCUT2D eigenvalue weighted by Crippen LogP contribution is -2.39. The standard InChI is InChI=1S/C17H11ClN4O5/c1-21-13-10(15(24)22(2)17(21)26)11(23)9-12(19-13)20-14(27-16(9)25)7-3-5-8(18)6-4-7/h3-6H,1-2H3,(H,19,23). The van der Waals surface area contributed by atoms with Crippen LogP contribution in [0.4, 0.5) is 0 Å². The number of rotatable bonds is 1. The molecule has 3 aromatic heterocycles. The third kappa shape index (κ3) is 2.43. The first kappa shape index (κ1) is 17.0. The van der Waals surface area contributed by atoms with E-state index in [0.29, 0.717) is 10.6 Å². The highest BCUT2D eigenvalue weighted by atomic mass is 35.5. The Morgan fingerprint density at radius 1 is 1.00 bits per heavy atom. The van der Waals surface area contributed by atoms with Crippen molar-refractivity contribution in [1.29, 1.82) is 0 Å². The van der Waals surface area contributed by atoms with Gasteiger partial charge in [0.1, 0.15) is 11.0 Å². The van der Waals surface area contributed by atoms with Gasteiger partial charge in [-0.1, -0.05) is 11.6 Å². The van der Waals surface area contributed by atoms with Gasteiger partial charge in [0.05, 0.1) is 0 Å². The predicted octanol–water partition coefficient (Wildman–Crippen LogP) is 0.747. The second-order valence-electron chi connectivity index (χ2n) is 5.92. The van der Waals surface area contributed by atoms with E-state index in [2.05, 4.69) is 9.97 Å². The van der Waals surface area contributed by atoms with Gasteiger partial charge in [-0.2, -0.15) is 4.98 Å². The van der Waals surface area contributed by atoms with Gasteiger partial charge < -0.3 is 9.40 Å². The van der Waals surface area contributed by atoms with Crippen molar-refractivity contribution in [2.45, 2.75) is 0 Å². The first-order valence-electron chi connectivity index (χ1n) is 7.72. The molecule has 0 saturated carbocycles. The maximum Gasteiger partial charge on any atom is 0.352 e. The van der Waals surface area contributed by atoms with E-state index in [1.54, 1.807) is 24.3 Å². The Hall–Kier alpha value is -3.46. The second kappa shape index (κ2) is 5.78. The summed E-state index contributed by atoms with van der Waals surface area (Å²) < 4.78 is 7.06. The third-order valence-electron chi connectivity index (χ3n) is 4.29. The van der Waals surface area contributed by atoms with Crippen molar-refractivity contribution in [1.82, 2.24) is 19.1 Å². The van der Waals surface area contributed by atoms with Gasteiger partial charge in [0.2, 0.25) is 11.3 Å². The van der Waals surface area contributed by atoms with Crippen molar-refractivity contribution in [2.24, 2.45) is 14.1 Å². The van der Waals surface area contributed by atoms with E-state index in [1.807, 2.05) is 0 Å². The van der Waals surface area contributed by atoms with Crippen LogP contribution in [0.5, 0.6) is 0 Å². The summed E-state index contributed by atoms with van der Waals surface area (Å²) in [7, 11) is 2.65. The number of nitrogens with zero attached hydrogens (tertiary/aromatic N) is 3. The highest BCUT2D eigenvalue weighted by Gasteiger charge is 2.19. The zero-order valence-electron chi connectivity index (χ0n) is 14.1. The summed E-state index contributed by atoms with van der Waals surface area (Å²) in [4.78, 5) is 56.6. The largest absolute Gasteiger partial charge is 0.403 e. The Bertz CT molecular complexity index is 1480. The van der Waals surface area contributed by atoms with Crippen molar-refractivity contribution >= 4 is 33.7 Å². The molecule has 0 saturated heterocycles. The lowest BCUT2D eigenvalue weighted by Gasteiger charge is -2.08. The fraction of sp³-hybridized carbons (Fsp3) is 0.118. The lowest BCUT2D eigenvalue weighted by molar-refractivity contribution is 0.517. The molecular formula is C17H11ClN4O5. The Morgan fingerprint density at radius 3 is 2.33 bits per heavy atom. The second-order valence-corrected chi connectivity index (χ2v) is 6.36. The molecule has 0 atom stereocenters. The molecule has 0 spiro atoms. The first-order valence-corrected chi connectivity index (χ1v) is 8.10. The SMILES string of the molecule is Cn1c(=O)c2c(=O)c3c(=O)oc(-c4ccc(Cl)cc4)nc3[nH]c2n(C)c1=O. The Morgan fingerprint density at radius 2 is 1.67 bits per heavy atom. The van der Waals surface area contributed by atoms with Gasteiger partial charge in [-0.3, -0.25) is 18.7 Å². The number of halogens is 1. The topological polar surface area (TPSA) is 120 Å². The Kier molecular flexibility index (Phi) is 3.63. The van der Waals surface area contributed by atoms with E-state index in [1.165, 1.54) is 14.1 Å². The molecule has 4 aromatic rings. The number of fused-ring (bicyclic) bond motifs is 2. The van der Waals surface area contributed by atoms with E-state index in [0.717, 1.165) is 9.13 Å². The van der Waals surface area contributed by atoms with Crippen molar-refractivity contribution in [3.05, 3.63) is 70.8 Å². The average molecular weight is 387 g/mol. The minimum Gasteiger partial charge on any atom is -0.403 e. The first-order chi connectivity index (χ1) is 12.8. The third-order valence-corrected chi connectivity index (χ3v) is 4.54. The normalized spacial score (nSPS) is 11.4. The molecule has 0 fully saturated rings. The van der Waals surface area contributed by atoms with Crippen LogP contribution < -0.4 is 22.3 Å². The van der Waals surface area contributed by atoms with E-state index < -0.39 is 27.7 Å². The Labute approximate surface area is 154 Å². The number of aromatic nitrogens is 4. The van der Waals surface area contributed by atoms with Crippen LogP contribution in [0.2, 0.25) is 5.02 Å². The molecule has 27 heavy (non-hydrogen) atoms. The molecule has 4 rings (SSSR count). The summed E-state index contributed by atoms with van der Waals surface area (Å²) in [5.41, 5.74) is -2.86. The molecule has 0 amide bonds. The van der Waals surface area contributed by atoms with E-state index in [9.17, 15) is 19.2 Å². The van der Waals surface area contributed by atoms with Gasteiger partial charge >= 0.3 is 11.3 Å². The van der Waals surface area contributed by atoms with Gasteiger partial charge in [0, 0.05) is 24.7 Å². The average Bonchev–Trinajstić information content (AvgIpc) is 2.64. The molecule has 0 aliphatic heterocycles.